The number of fused-ring (bicyclic) bond motifs is 1. The van der Waals surface area contributed by atoms with E-state index in [1.54, 1.807) is 0 Å². The van der Waals surface area contributed by atoms with Crippen LogP contribution in [-0.4, -0.2) is 79.5 Å². The molecule has 1 fully saturated rings. The summed E-state index contributed by atoms with van der Waals surface area (Å²) < 4.78 is 12.3. The minimum Gasteiger partial charge on any atom is -0.394 e. The molecule has 0 spiro atoms. The second kappa shape index (κ2) is 7.36. The van der Waals surface area contributed by atoms with Crippen LogP contribution >= 0.6 is 0 Å². The van der Waals surface area contributed by atoms with E-state index in [1.165, 1.54) is 17.2 Å². The van der Waals surface area contributed by atoms with Gasteiger partial charge in [-0.3, -0.25) is 4.57 Å². The number of hydrogen-bond acceptors (Lipinski definition) is 9. The summed E-state index contributed by atoms with van der Waals surface area (Å²) in [5.74, 6) is 0.546. The Hall–Kier alpha value is -1.85. The monoisotopic (exact) mass is 339 g/mol. The van der Waals surface area contributed by atoms with Crippen molar-refractivity contribution in [1.82, 2.24) is 19.5 Å². The lowest BCUT2D eigenvalue weighted by atomic mass is 10.1. The molecule has 132 valence electrons. The molecule has 0 aliphatic carbocycles. The number of ether oxygens (including phenoxy) is 2. The van der Waals surface area contributed by atoms with Crippen molar-refractivity contribution >= 4 is 17.0 Å². The lowest BCUT2D eigenvalue weighted by molar-refractivity contribution is -0.0511. The van der Waals surface area contributed by atoms with Gasteiger partial charge in [0.05, 0.1) is 19.5 Å². The maximum absolute atomic E-state index is 10.1. The van der Waals surface area contributed by atoms with Gasteiger partial charge in [0.1, 0.15) is 24.6 Å². The van der Waals surface area contributed by atoms with Gasteiger partial charge in [-0.2, -0.15) is 0 Å². The molecule has 3 rings (SSSR count). The molecular weight excluding hydrogens is 318 g/mol. The van der Waals surface area contributed by atoms with Crippen LogP contribution in [0.2, 0.25) is 0 Å². The Morgan fingerprint density at radius 1 is 1.29 bits per heavy atom. The fourth-order valence-electron chi connectivity index (χ4n) is 2.66. The minimum atomic E-state index is -1.19. The van der Waals surface area contributed by atoms with Gasteiger partial charge in [-0.15, -0.1) is 0 Å². The van der Waals surface area contributed by atoms with Crippen LogP contribution in [-0.2, 0) is 9.47 Å². The van der Waals surface area contributed by atoms with Crippen molar-refractivity contribution < 1.29 is 24.8 Å². The van der Waals surface area contributed by atoms with Gasteiger partial charge >= 0.3 is 0 Å². The quantitative estimate of drug-likeness (QED) is 0.463. The van der Waals surface area contributed by atoms with E-state index in [9.17, 15) is 15.3 Å². The molecular formula is C14H21N5O5. The van der Waals surface area contributed by atoms with Gasteiger partial charge in [-0.1, -0.05) is 0 Å². The van der Waals surface area contributed by atoms with Gasteiger partial charge in [0, 0.05) is 13.2 Å². The van der Waals surface area contributed by atoms with E-state index in [0.717, 1.165) is 0 Å². The number of aliphatic hydroxyl groups is 3. The SMILES string of the molecule is CCOCCNc1ncnc2c1ncn2C1OC(CO)C(O)C1O. The zero-order valence-electron chi connectivity index (χ0n) is 13.2. The Morgan fingerprint density at radius 3 is 2.83 bits per heavy atom. The molecule has 2 aromatic rings. The van der Waals surface area contributed by atoms with E-state index < -0.39 is 24.5 Å². The van der Waals surface area contributed by atoms with Gasteiger partial charge in [0.2, 0.25) is 0 Å². The summed E-state index contributed by atoms with van der Waals surface area (Å²) in [6.07, 6.45) is -1.26. The van der Waals surface area contributed by atoms with Crippen LogP contribution in [0.15, 0.2) is 12.7 Å². The molecule has 10 heteroatoms. The predicted molar refractivity (Wildman–Crippen MR) is 83.3 cm³/mol. The molecule has 3 heterocycles. The average molecular weight is 339 g/mol. The Kier molecular flexibility index (Phi) is 5.21. The summed E-state index contributed by atoms with van der Waals surface area (Å²) in [7, 11) is 0. The Balaban J connectivity index is 1.83. The lowest BCUT2D eigenvalue weighted by Crippen LogP contribution is -2.33. The number of hydrogen-bond donors (Lipinski definition) is 4. The highest BCUT2D eigenvalue weighted by molar-refractivity contribution is 5.82. The lowest BCUT2D eigenvalue weighted by Gasteiger charge is -2.16. The van der Waals surface area contributed by atoms with E-state index in [0.29, 0.717) is 36.7 Å². The normalized spacial score (nSPS) is 27.0. The van der Waals surface area contributed by atoms with Crippen molar-refractivity contribution in [2.24, 2.45) is 0 Å². The molecule has 1 saturated heterocycles. The number of anilines is 1. The molecule has 10 nitrogen and oxygen atoms in total. The molecule has 24 heavy (non-hydrogen) atoms. The Morgan fingerprint density at radius 2 is 2.12 bits per heavy atom. The predicted octanol–water partition coefficient (Wildman–Crippen LogP) is -1.11. The van der Waals surface area contributed by atoms with Crippen molar-refractivity contribution in [3.63, 3.8) is 0 Å². The first kappa shape index (κ1) is 17.0. The van der Waals surface area contributed by atoms with E-state index in [4.69, 9.17) is 9.47 Å². The van der Waals surface area contributed by atoms with Crippen molar-refractivity contribution in [2.75, 3.05) is 31.7 Å². The Bertz CT molecular complexity index is 681. The maximum Gasteiger partial charge on any atom is 0.167 e. The van der Waals surface area contributed by atoms with Crippen LogP contribution in [0.4, 0.5) is 5.82 Å². The highest BCUT2D eigenvalue weighted by Gasteiger charge is 2.44. The van der Waals surface area contributed by atoms with Gasteiger partial charge in [0.15, 0.2) is 23.2 Å². The summed E-state index contributed by atoms with van der Waals surface area (Å²) in [6.45, 7) is 3.28. The second-order valence-corrected chi connectivity index (χ2v) is 5.40. The van der Waals surface area contributed by atoms with E-state index >= 15 is 0 Å². The minimum absolute atomic E-state index is 0.388. The first-order chi connectivity index (χ1) is 11.7. The number of aromatic nitrogens is 4. The van der Waals surface area contributed by atoms with Crippen LogP contribution in [0, 0.1) is 0 Å². The summed E-state index contributed by atoms with van der Waals surface area (Å²) in [5, 5.41) is 32.4. The van der Waals surface area contributed by atoms with Crippen LogP contribution in [0.3, 0.4) is 0 Å². The molecule has 0 saturated carbocycles. The highest BCUT2D eigenvalue weighted by atomic mass is 16.6. The topological polar surface area (TPSA) is 135 Å². The van der Waals surface area contributed by atoms with Crippen LogP contribution in [0.1, 0.15) is 13.2 Å². The van der Waals surface area contributed by atoms with Gasteiger partial charge in [-0.25, -0.2) is 15.0 Å². The average Bonchev–Trinajstić information content (AvgIpc) is 3.14. The number of nitrogens with zero attached hydrogens (tertiary/aromatic N) is 4. The smallest absolute Gasteiger partial charge is 0.167 e. The summed E-state index contributed by atoms with van der Waals surface area (Å²) in [5.41, 5.74) is 0.977. The first-order valence-electron chi connectivity index (χ1n) is 7.79. The number of nitrogens with one attached hydrogen (secondary N) is 1. The molecule has 0 amide bonds. The van der Waals surface area contributed by atoms with Gasteiger partial charge in [-0.05, 0) is 6.92 Å². The van der Waals surface area contributed by atoms with E-state index in [1.807, 2.05) is 6.92 Å². The maximum atomic E-state index is 10.1. The molecule has 4 unspecified atom stereocenters. The van der Waals surface area contributed by atoms with Crippen molar-refractivity contribution in [3.05, 3.63) is 12.7 Å². The summed E-state index contributed by atoms with van der Waals surface area (Å²) in [4.78, 5) is 12.6. The first-order valence-corrected chi connectivity index (χ1v) is 7.79. The van der Waals surface area contributed by atoms with Gasteiger partial charge < -0.3 is 30.1 Å². The third-order valence-electron chi connectivity index (χ3n) is 3.89. The number of imidazole rings is 1. The third kappa shape index (κ3) is 3.06. The molecule has 0 bridgehead atoms. The Labute approximate surface area is 138 Å². The van der Waals surface area contributed by atoms with Gasteiger partial charge in [0.25, 0.3) is 0 Å². The third-order valence-corrected chi connectivity index (χ3v) is 3.89. The number of aliphatic hydroxyl groups excluding tert-OH is 3. The number of rotatable bonds is 7. The van der Waals surface area contributed by atoms with E-state index in [2.05, 4.69) is 20.3 Å². The van der Waals surface area contributed by atoms with Crippen LogP contribution < -0.4 is 5.32 Å². The standard InChI is InChI=1S/C14H21N5O5/c1-2-23-4-3-15-12-9-13(17-6-16-12)19(7-18-9)14-11(22)10(21)8(5-20)24-14/h6-8,10-11,14,20-22H,2-5H2,1H3,(H,15,16,17). The van der Waals surface area contributed by atoms with Crippen LogP contribution in [0.25, 0.3) is 11.2 Å². The van der Waals surface area contributed by atoms with Crippen LogP contribution in [0.5, 0.6) is 0 Å². The largest absolute Gasteiger partial charge is 0.394 e. The molecule has 2 aromatic heterocycles. The van der Waals surface area contributed by atoms with Crippen molar-refractivity contribution in [2.45, 2.75) is 31.5 Å². The fourth-order valence-corrected chi connectivity index (χ4v) is 2.66. The zero-order valence-corrected chi connectivity index (χ0v) is 13.2. The highest BCUT2D eigenvalue weighted by Crippen LogP contribution is 2.31. The molecule has 4 atom stereocenters. The van der Waals surface area contributed by atoms with Crippen molar-refractivity contribution in [1.29, 1.82) is 0 Å². The summed E-state index contributed by atoms with van der Waals surface area (Å²) >= 11 is 0. The second-order valence-electron chi connectivity index (χ2n) is 5.40. The molecule has 1 aliphatic rings. The molecule has 0 radical (unpaired) electrons. The molecule has 1 aliphatic heterocycles. The summed E-state index contributed by atoms with van der Waals surface area (Å²) in [6, 6.07) is 0. The van der Waals surface area contributed by atoms with E-state index in [-0.39, 0.29) is 6.61 Å². The molecule has 0 aromatic carbocycles. The zero-order chi connectivity index (χ0) is 17.1. The fraction of sp³-hybridized carbons (Fsp3) is 0.643. The van der Waals surface area contributed by atoms with Crippen molar-refractivity contribution in [3.8, 4) is 0 Å². The molecule has 4 N–H and O–H groups in total.